The fourth-order valence-corrected chi connectivity index (χ4v) is 1.65. The van der Waals surface area contributed by atoms with Gasteiger partial charge in [-0.3, -0.25) is 0 Å². The van der Waals surface area contributed by atoms with E-state index in [1.165, 1.54) is 0 Å². The van der Waals surface area contributed by atoms with Gasteiger partial charge in [-0.05, 0) is 25.0 Å². The van der Waals surface area contributed by atoms with Crippen molar-refractivity contribution in [3.8, 4) is 11.5 Å². The molecule has 0 aliphatic rings. The first-order valence-corrected chi connectivity index (χ1v) is 6.40. The number of hydrogen-bond acceptors (Lipinski definition) is 4. The van der Waals surface area contributed by atoms with Gasteiger partial charge in [0, 0.05) is 11.6 Å². The zero-order valence-corrected chi connectivity index (χ0v) is 11.0. The van der Waals surface area contributed by atoms with Crippen LogP contribution in [0.2, 0.25) is 0 Å². The van der Waals surface area contributed by atoms with Crippen LogP contribution in [0.5, 0.6) is 11.5 Å². The van der Waals surface area contributed by atoms with E-state index in [0.29, 0.717) is 30.1 Å². The quantitative estimate of drug-likeness (QED) is 0.337. The van der Waals surface area contributed by atoms with Gasteiger partial charge in [0.05, 0.1) is 12.3 Å². The lowest BCUT2D eigenvalue weighted by atomic mass is 10.0. The maximum absolute atomic E-state index is 9.90. The molecule has 1 aromatic rings. The summed E-state index contributed by atoms with van der Waals surface area (Å²) in [6.45, 7) is 4.73. The minimum Gasteiger partial charge on any atom is -0.507 e. The number of rotatable bonds is 7. The van der Waals surface area contributed by atoms with Crippen LogP contribution < -0.4 is 4.74 Å². The third-order valence-corrected chi connectivity index (χ3v) is 2.65. The number of ether oxygens (including phenoxy) is 1. The molecular weight excluding hydrogens is 230 g/mol. The van der Waals surface area contributed by atoms with E-state index in [1.807, 2.05) is 6.92 Å². The summed E-state index contributed by atoms with van der Waals surface area (Å²) in [5.74, 6) is 0.726. The van der Waals surface area contributed by atoms with Gasteiger partial charge < -0.3 is 15.1 Å². The van der Waals surface area contributed by atoms with Crippen molar-refractivity contribution in [3.63, 3.8) is 0 Å². The van der Waals surface area contributed by atoms with E-state index in [4.69, 9.17) is 9.94 Å². The van der Waals surface area contributed by atoms with Crippen LogP contribution in [0.1, 0.15) is 45.1 Å². The molecule has 0 atom stereocenters. The van der Waals surface area contributed by atoms with E-state index in [0.717, 1.165) is 19.3 Å². The lowest BCUT2D eigenvalue weighted by Gasteiger charge is -2.09. The molecule has 0 amide bonds. The molecule has 0 bridgehead atoms. The summed E-state index contributed by atoms with van der Waals surface area (Å²) in [6.07, 6.45) is 3.54. The smallest absolute Gasteiger partial charge is 0.128 e. The van der Waals surface area contributed by atoms with Gasteiger partial charge in [-0.15, -0.1) is 0 Å². The van der Waals surface area contributed by atoms with Gasteiger partial charge in [0.25, 0.3) is 0 Å². The highest BCUT2D eigenvalue weighted by Gasteiger charge is 2.10. The Hall–Kier alpha value is -1.71. The standard InChI is InChI=1S/C14H21NO3/c1-3-5-9-18-11-7-8-12(14(16)10-11)13(15-17)6-4-2/h7-8,10,16-17H,3-6,9H2,1-2H3/b15-13-. The van der Waals surface area contributed by atoms with Crippen molar-refractivity contribution in [3.05, 3.63) is 23.8 Å². The number of benzene rings is 1. The third-order valence-electron chi connectivity index (χ3n) is 2.65. The molecule has 0 aliphatic carbocycles. The van der Waals surface area contributed by atoms with Gasteiger partial charge >= 0.3 is 0 Å². The second kappa shape index (κ2) is 7.58. The molecule has 0 radical (unpaired) electrons. The first-order chi connectivity index (χ1) is 8.72. The summed E-state index contributed by atoms with van der Waals surface area (Å²) >= 11 is 0. The molecule has 1 aromatic carbocycles. The summed E-state index contributed by atoms with van der Waals surface area (Å²) in [7, 11) is 0. The first kappa shape index (κ1) is 14.4. The number of unbranched alkanes of at least 4 members (excludes halogenated alkanes) is 1. The fraction of sp³-hybridized carbons (Fsp3) is 0.500. The predicted octanol–water partition coefficient (Wildman–Crippen LogP) is 3.55. The van der Waals surface area contributed by atoms with Crippen LogP contribution >= 0.6 is 0 Å². The molecule has 0 saturated carbocycles. The second-order valence-corrected chi connectivity index (χ2v) is 4.18. The third kappa shape index (κ3) is 3.95. The van der Waals surface area contributed by atoms with E-state index >= 15 is 0 Å². The molecule has 2 N–H and O–H groups in total. The van der Waals surface area contributed by atoms with Crippen molar-refractivity contribution in [2.75, 3.05) is 6.61 Å². The monoisotopic (exact) mass is 251 g/mol. The Bertz CT molecular complexity index is 402. The highest BCUT2D eigenvalue weighted by Crippen LogP contribution is 2.25. The average molecular weight is 251 g/mol. The van der Waals surface area contributed by atoms with Gasteiger partial charge in [0.15, 0.2) is 0 Å². The number of phenolic OH excluding ortho intramolecular Hbond substituents is 1. The summed E-state index contributed by atoms with van der Waals surface area (Å²) < 4.78 is 5.49. The van der Waals surface area contributed by atoms with E-state index in [-0.39, 0.29) is 5.75 Å². The summed E-state index contributed by atoms with van der Waals surface area (Å²) in [6, 6.07) is 5.07. The number of aromatic hydroxyl groups is 1. The Morgan fingerprint density at radius 1 is 1.28 bits per heavy atom. The number of hydrogen-bond donors (Lipinski definition) is 2. The van der Waals surface area contributed by atoms with E-state index < -0.39 is 0 Å². The van der Waals surface area contributed by atoms with Crippen molar-refractivity contribution in [2.45, 2.75) is 39.5 Å². The first-order valence-electron chi connectivity index (χ1n) is 6.40. The van der Waals surface area contributed by atoms with Crippen molar-refractivity contribution < 1.29 is 15.1 Å². The molecule has 0 aromatic heterocycles. The Balaban J connectivity index is 2.78. The van der Waals surface area contributed by atoms with Crippen molar-refractivity contribution in [2.24, 2.45) is 5.16 Å². The van der Waals surface area contributed by atoms with Crippen molar-refractivity contribution in [1.82, 2.24) is 0 Å². The zero-order valence-electron chi connectivity index (χ0n) is 11.0. The molecule has 100 valence electrons. The molecule has 0 heterocycles. The van der Waals surface area contributed by atoms with Gasteiger partial charge in [-0.25, -0.2) is 0 Å². The van der Waals surface area contributed by atoms with Gasteiger partial charge in [-0.2, -0.15) is 0 Å². The molecule has 0 aliphatic heterocycles. The minimum atomic E-state index is 0.0882. The van der Waals surface area contributed by atoms with Crippen LogP contribution in [-0.4, -0.2) is 22.6 Å². The minimum absolute atomic E-state index is 0.0882. The van der Waals surface area contributed by atoms with Crippen LogP contribution in [0.25, 0.3) is 0 Å². The number of oxime groups is 1. The Labute approximate surface area is 108 Å². The highest BCUT2D eigenvalue weighted by atomic mass is 16.5. The largest absolute Gasteiger partial charge is 0.507 e. The topological polar surface area (TPSA) is 62.0 Å². The van der Waals surface area contributed by atoms with E-state index in [1.54, 1.807) is 18.2 Å². The molecule has 4 heteroatoms. The van der Waals surface area contributed by atoms with Gasteiger partial charge in [-0.1, -0.05) is 31.8 Å². The molecule has 0 saturated heterocycles. The Morgan fingerprint density at radius 3 is 2.61 bits per heavy atom. The van der Waals surface area contributed by atoms with Crippen molar-refractivity contribution >= 4 is 5.71 Å². The SMILES string of the molecule is CCCCOc1ccc(/C(CCC)=N\O)c(O)c1. The molecule has 18 heavy (non-hydrogen) atoms. The molecule has 0 spiro atoms. The van der Waals surface area contributed by atoms with E-state index in [9.17, 15) is 5.11 Å². The maximum Gasteiger partial charge on any atom is 0.128 e. The van der Waals surface area contributed by atoms with Gasteiger partial charge in [0.1, 0.15) is 11.5 Å². The molecule has 0 unspecified atom stereocenters. The maximum atomic E-state index is 9.90. The van der Waals surface area contributed by atoms with Crippen LogP contribution in [0.3, 0.4) is 0 Å². The Morgan fingerprint density at radius 2 is 2.06 bits per heavy atom. The normalized spacial score (nSPS) is 11.6. The molecule has 0 fully saturated rings. The van der Waals surface area contributed by atoms with Crippen LogP contribution in [-0.2, 0) is 0 Å². The fourth-order valence-electron chi connectivity index (χ4n) is 1.65. The number of nitrogens with zero attached hydrogens (tertiary/aromatic N) is 1. The molecule has 4 nitrogen and oxygen atoms in total. The number of phenols is 1. The second-order valence-electron chi connectivity index (χ2n) is 4.18. The van der Waals surface area contributed by atoms with Gasteiger partial charge in [0.2, 0.25) is 0 Å². The molecule has 1 rings (SSSR count). The molecular formula is C14H21NO3. The summed E-state index contributed by atoms with van der Waals surface area (Å²) in [5, 5.41) is 22.1. The highest BCUT2D eigenvalue weighted by molar-refractivity contribution is 6.02. The van der Waals surface area contributed by atoms with Crippen LogP contribution in [0.15, 0.2) is 23.4 Å². The summed E-state index contributed by atoms with van der Waals surface area (Å²) in [5.41, 5.74) is 1.05. The average Bonchev–Trinajstić information content (AvgIpc) is 2.37. The van der Waals surface area contributed by atoms with Crippen LogP contribution in [0.4, 0.5) is 0 Å². The zero-order chi connectivity index (χ0) is 13.4. The van der Waals surface area contributed by atoms with Crippen molar-refractivity contribution in [1.29, 1.82) is 0 Å². The summed E-state index contributed by atoms with van der Waals surface area (Å²) in [4.78, 5) is 0. The van der Waals surface area contributed by atoms with Crippen LogP contribution in [0, 0.1) is 0 Å². The lowest BCUT2D eigenvalue weighted by molar-refractivity contribution is 0.307. The Kier molecular flexibility index (Phi) is 6.05. The van der Waals surface area contributed by atoms with E-state index in [2.05, 4.69) is 12.1 Å². The predicted molar refractivity (Wildman–Crippen MR) is 71.7 cm³/mol. The lowest BCUT2D eigenvalue weighted by Crippen LogP contribution is -2.02.